The smallest absolute Gasteiger partial charge is 0.223 e. The number of likely N-dealkylation sites (tertiary alicyclic amines) is 1. The number of amides is 1. The number of nitrogens with zero attached hydrogens (tertiary/aromatic N) is 3. The first-order valence-corrected chi connectivity index (χ1v) is 11.2. The number of carbonyl (C=O) groups is 1. The molecular formula is C27H26FN3O2. The first-order valence-electron chi connectivity index (χ1n) is 11.2. The molecule has 0 N–H and O–H groups in total. The monoisotopic (exact) mass is 443 g/mol. The van der Waals surface area contributed by atoms with Gasteiger partial charge in [0.1, 0.15) is 24.0 Å². The molecule has 1 amide bonds. The maximum absolute atomic E-state index is 13.2. The summed E-state index contributed by atoms with van der Waals surface area (Å²) in [7, 11) is 0. The molecule has 1 atom stereocenters. The summed E-state index contributed by atoms with van der Waals surface area (Å²) in [5.74, 6) is 1.59. The summed E-state index contributed by atoms with van der Waals surface area (Å²) < 4.78 is 21.4. The summed E-state index contributed by atoms with van der Waals surface area (Å²) in [4.78, 5) is 19.5. The molecule has 4 aromatic rings. The number of benzene rings is 3. The number of imidazole rings is 1. The average Bonchev–Trinajstić information content (AvgIpc) is 3.36. The minimum Gasteiger partial charge on any atom is -0.492 e. The Labute approximate surface area is 192 Å². The molecule has 1 aliphatic rings. The largest absolute Gasteiger partial charge is 0.492 e. The van der Waals surface area contributed by atoms with Crippen molar-refractivity contribution in [2.75, 3.05) is 13.2 Å². The summed E-state index contributed by atoms with van der Waals surface area (Å²) in [6, 6.07) is 22.4. The van der Waals surface area contributed by atoms with E-state index in [1.165, 1.54) is 12.1 Å². The summed E-state index contributed by atoms with van der Waals surface area (Å²) in [5, 5.41) is 0. The predicted octanol–water partition coefficient (Wildman–Crippen LogP) is 5.08. The Morgan fingerprint density at radius 2 is 1.88 bits per heavy atom. The highest BCUT2D eigenvalue weighted by Crippen LogP contribution is 2.31. The van der Waals surface area contributed by atoms with Gasteiger partial charge in [-0.25, -0.2) is 9.37 Å². The van der Waals surface area contributed by atoms with Gasteiger partial charge in [-0.15, -0.1) is 0 Å². The van der Waals surface area contributed by atoms with Gasteiger partial charge in [0.2, 0.25) is 5.91 Å². The van der Waals surface area contributed by atoms with Crippen molar-refractivity contribution in [2.45, 2.75) is 32.4 Å². The third kappa shape index (κ3) is 4.60. The number of fused-ring (bicyclic) bond motifs is 1. The Kier molecular flexibility index (Phi) is 5.82. The fourth-order valence-corrected chi connectivity index (χ4v) is 4.51. The second kappa shape index (κ2) is 9.06. The number of rotatable bonds is 7. The van der Waals surface area contributed by atoms with Crippen LogP contribution in [0.3, 0.4) is 0 Å². The highest BCUT2D eigenvalue weighted by Gasteiger charge is 2.34. The third-order valence-electron chi connectivity index (χ3n) is 6.12. The van der Waals surface area contributed by atoms with E-state index in [1.54, 1.807) is 12.1 Å². The molecule has 168 valence electrons. The van der Waals surface area contributed by atoms with Gasteiger partial charge in [0, 0.05) is 25.4 Å². The third-order valence-corrected chi connectivity index (χ3v) is 6.12. The number of para-hydroxylation sites is 2. The first-order chi connectivity index (χ1) is 16.1. The van der Waals surface area contributed by atoms with Gasteiger partial charge in [0.15, 0.2) is 0 Å². The van der Waals surface area contributed by atoms with Crippen molar-refractivity contribution in [1.29, 1.82) is 0 Å². The number of carbonyl (C=O) groups excluding carboxylic acids is 1. The van der Waals surface area contributed by atoms with Gasteiger partial charge in [0.25, 0.3) is 0 Å². The number of hydrogen-bond acceptors (Lipinski definition) is 3. The van der Waals surface area contributed by atoms with Gasteiger partial charge in [0.05, 0.1) is 17.6 Å². The molecule has 0 unspecified atom stereocenters. The van der Waals surface area contributed by atoms with E-state index < -0.39 is 0 Å². The normalized spacial score (nSPS) is 16.0. The molecule has 3 aromatic carbocycles. The van der Waals surface area contributed by atoms with Crippen LogP contribution in [-0.4, -0.2) is 33.5 Å². The molecule has 1 saturated heterocycles. The van der Waals surface area contributed by atoms with E-state index in [9.17, 15) is 9.18 Å². The molecule has 1 fully saturated rings. The van der Waals surface area contributed by atoms with Crippen molar-refractivity contribution in [3.8, 4) is 5.75 Å². The van der Waals surface area contributed by atoms with E-state index in [0.717, 1.165) is 33.7 Å². The summed E-state index contributed by atoms with van der Waals surface area (Å²) in [5.41, 5.74) is 4.05. The minimum atomic E-state index is -0.272. The number of hydrogen-bond donors (Lipinski definition) is 0. The zero-order valence-electron chi connectivity index (χ0n) is 18.6. The van der Waals surface area contributed by atoms with Crippen molar-refractivity contribution in [3.05, 3.63) is 95.6 Å². The van der Waals surface area contributed by atoms with E-state index in [-0.39, 0.29) is 17.6 Å². The first kappa shape index (κ1) is 21.2. The Morgan fingerprint density at radius 1 is 1.06 bits per heavy atom. The molecule has 5 rings (SSSR count). The topological polar surface area (TPSA) is 47.4 Å². The van der Waals surface area contributed by atoms with Crippen LogP contribution in [0.5, 0.6) is 5.75 Å². The molecule has 0 radical (unpaired) electrons. The quantitative estimate of drug-likeness (QED) is 0.400. The van der Waals surface area contributed by atoms with Gasteiger partial charge >= 0.3 is 0 Å². The van der Waals surface area contributed by atoms with Crippen LogP contribution in [0.25, 0.3) is 11.0 Å². The van der Waals surface area contributed by atoms with Crippen LogP contribution in [-0.2, 0) is 17.9 Å². The van der Waals surface area contributed by atoms with Crippen molar-refractivity contribution >= 4 is 16.9 Å². The lowest BCUT2D eigenvalue weighted by Gasteiger charge is -2.17. The maximum Gasteiger partial charge on any atom is 0.223 e. The van der Waals surface area contributed by atoms with Crippen LogP contribution < -0.4 is 4.74 Å². The van der Waals surface area contributed by atoms with E-state index >= 15 is 0 Å². The second-order valence-electron chi connectivity index (χ2n) is 8.58. The molecule has 0 aliphatic carbocycles. The zero-order valence-corrected chi connectivity index (χ0v) is 18.6. The molecule has 1 aliphatic heterocycles. The van der Waals surface area contributed by atoms with Gasteiger partial charge < -0.3 is 14.2 Å². The second-order valence-corrected chi connectivity index (χ2v) is 8.58. The van der Waals surface area contributed by atoms with E-state index in [2.05, 4.69) is 10.6 Å². The Balaban J connectivity index is 1.35. The Hall–Kier alpha value is -3.67. The van der Waals surface area contributed by atoms with Crippen LogP contribution in [0, 0.1) is 12.7 Å². The van der Waals surface area contributed by atoms with Gasteiger partial charge in [-0.2, -0.15) is 0 Å². The minimum absolute atomic E-state index is 0.00400. The van der Waals surface area contributed by atoms with Crippen LogP contribution in [0.4, 0.5) is 4.39 Å². The lowest BCUT2D eigenvalue weighted by Crippen LogP contribution is -2.24. The number of halogens is 1. The molecule has 6 heteroatoms. The molecule has 1 aromatic heterocycles. The molecule has 0 saturated carbocycles. The molecule has 5 nitrogen and oxygen atoms in total. The summed E-state index contributed by atoms with van der Waals surface area (Å²) >= 11 is 0. The van der Waals surface area contributed by atoms with Crippen molar-refractivity contribution in [1.82, 2.24) is 14.5 Å². The van der Waals surface area contributed by atoms with Gasteiger partial charge in [-0.3, -0.25) is 4.79 Å². The van der Waals surface area contributed by atoms with E-state index in [0.29, 0.717) is 32.7 Å². The molecule has 0 spiro atoms. The fourth-order valence-electron chi connectivity index (χ4n) is 4.51. The van der Waals surface area contributed by atoms with Crippen LogP contribution in [0.15, 0.2) is 72.8 Å². The predicted molar refractivity (Wildman–Crippen MR) is 126 cm³/mol. The SMILES string of the molecule is Cc1cccc(OCCn2c([C@H]3CC(=O)N(Cc4ccc(F)cc4)C3)nc3ccccc32)c1. The van der Waals surface area contributed by atoms with Crippen molar-refractivity contribution in [3.63, 3.8) is 0 Å². The lowest BCUT2D eigenvalue weighted by molar-refractivity contribution is -0.128. The Morgan fingerprint density at radius 3 is 2.70 bits per heavy atom. The molecule has 33 heavy (non-hydrogen) atoms. The van der Waals surface area contributed by atoms with E-state index in [4.69, 9.17) is 9.72 Å². The number of aryl methyl sites for hydroxylation is 1. The zero-order chi connectivity index (χ0) is 22.8. The summed E-state index contributed by atoms with van der Waals surface area (Å²) in [6.07, 6.45) is 0.420. The van der Waals surface area contributed by atoms with E-state index in [1.807, 2.05) is 54.3 Å². The molecule has 2 heterocycles. The fraction of sp³-hybridized carbons (Fsp3) is 0.259. The Bertz CT molecular complexity index is 1280. The summed E-state index contributed by atoms with van der Waals surface area (Å²) in [6.45, 7) is 4.27. The highest BCUT2D eigenvalue weighted by atomic mass is 19.1. The maximum atomic E-state index is 13.2. The molecular weight excluding hydrogens is 417 g/mol. The average molecular weight is 444 g/mol. The van der Waals surface area contributed by atoms with Gasteiger partial charge in [-0.05, 0) is 54.4 Å². The standard InChI is InChI=1S/C27H26FN3O2/c1-19-5-4-6-23(15-19)33-14-13-31-25-8-3-2-7-24(25)29-27(31)21-16-26(32)30(18-21)17-20-9-11-22(28)12-10-20/h2-12,15,21H,13-14,16-18H2,1H3/t21-/m0/s1. The van der Waals surface area contributed by atoms with Crippen LogP contribution >= 0.6 is 0 Å². The highest BCUT2D eigenvalue weighted by molar-refractivity contribution is 5.81. The van der Waals surface area contributed by atoms with Crippen LogP contribution in [0.2, 0.25) is 0 Å². The van der Waals surface area contributed by atoms with Crippen molar-refractivity contribution in [2.24, 2.45) is 0 Å². The number of ether oxygens (including phenoxy) is 1. The molecule has 0 bridgehead atoms. The van der Waals surface area contributed by atoms with Crippen LogP contribution in [0.1, 0.15) is 29.3 Å². The number of aromatic nitrogens is 2. The lowest BCUT2D eigenvalue weighted by atomic mass is 10.1. The van der Waals surface area contributed by atoms with Crippen molar-refractivity contribution < 1.29 is 13.9 Å². The van der Waals surface area contributed by atoms with Gasteiger partial charge in [-0.1, -0.05) is 36.4 Å².